The molecule has 0 saturated carbocycles. The molecule has 0 aliphatic rings. The molecule has 2 aromatic heterocycles. The molecule has 0 saturated heterocycles. The van der Waals surface area contributed by atoms with Gasteiger partial charge in [-0.2, -0.15) is 0 Å². The van der Waals surface area contributed by atoms with E-state index in [0.717, 1.165) is 11.1 Å². The Morgan fingerprint density at radius 2 is 1.82 bits per heavy atom. The maximum absolute atomic E-state index is 13.1. The SMILES string of the molecule is Nc1ncc(C=CC(=O)N(CCc2ccc(F)cc2)Cc2cccnc2)cn1. The first-order chi connectivity index (χ1) is 13.6. The van der Waals surface area contributed by atoms with Crippen LogP contribution in [0.25, 0.3) is 6.08 Å². The first kappa shape index (κ1) is 19.2. The maximum atomic E-state index is 13.1. The Morgan fingerprint density at radius 1 is 1.07 bits per heavy atom. The second-order valence-electron chi connectivity index (χ2n) is 6.21. The van der Waals surface area contributed by atoms with Gasteiger partial charge >= 0.3 is 0 Å². The van der Waals surface area contributed by atoms with Crippen LogP contribution in [0, 0.1) is 5.82 Å². The molecule has 0 spiro atoms. The molecule has 0 bridgehead atoms. The molecule has 0 aliphatic heterocycles. The minimum absolute atomic E-state index is 0.150. The zero-order chi connectivity index (χ0) is 19.8. The van der Waals surface area contributed by atoms with E-state index in [1.807, 2.05) is 12.1 Å². The van der Waals surface area contributed by atoms with Crippen molar-refractivity contribution in [3.8, 4) is 0 Å². The van der Waals surface area contributed by atoms with Gasteiger partial charge in [-0.1, -0.05) is 18.2 Å². The number of hydrogen-bond acceptors (Lipinski definition) is 5. The standard InChI is InChI=1S/C21H20FN5O/c22-19-6-3-16(4-7-19)9-11-27(15-18-2-1-10-24-12-18)20(28)8-5-17-13-25-21(23)26-14-17/h1-8,10,12-14H,9,11,15H2,(H2,23,25,26). The summed E-state index contributed by atoms with van der Waals surface area (Å²) in [4.78, 5) is 26.4. The van der Waals surface area contributed by atoms with Crippen molar-refractivity contribution in [3.05, 3.63) is 89.8 Å². The molecule has 3 aromatic rings. The van der Waals surface area contributed by atoms with Crippen molar-refractivity contribution in [1.29, 1.82) is 0 Å². The lowest BCUT2D eigenvalue weighted by Crippen LogP contribution is -2.31. The van der Waals surface area contributed by atoms with Gasteiger partial charge in [0.15, 0.2) is 0 Å². The highest BCUT2D eigenvalue weighted by atomic mass is 19.1. The summed E-state index contributed by atoms with van der Waals surface area (Å²) in [6, 6.07) is 10.0. The number of anilines is 1. The van der Waals surface area contributed by atoms with Crippen molar-refractivity contribution >= 4 is 17.9 Å². The van der Waals surface area contributed by atoms with Gasteiger partial charge in [0.2, 0.25) is 11.9 Å². The van der Waals surface area contributed by atoms with E-state index in [2.05, 4.69) is 15.0 Å². The smallest absolute Gasteiger partial charge is 0.246 e. The number of nitrogens with zero attached hydrogens (tertiary/aromatic N) is 4. The van der Waals surface area contributed by atoms with E-state index in [1.165, 1.54) is 18.2 Å². The third-order valence-electron chi connectivity index (χ3n) is 4.10. The summed E-state index contributed by atoms with van der Waals surface area (Å²) in [6.07, 6.45) is 10.3. The highest BCUT2D eigenvalue weighted by Crippen LogP contribution is 2.09. The molecule has 0 radical (unpaired) electrons. The van der Waals surface area contributed by atoms with Crippen molar-refractivity contribution < 1.29 is 9.18 Å². The fraction of sp³-hybridized carbons (Fsp3) is 0.143. The number of hydrogen-bond donors (Lipinski definition) is 1. The number of nitrogens with two attached hydrogens (primary N) is 1. The van der Waals surface area contributed by atoms with E-state index in [4.69, 9.17) is 5.73 Å². The molecule has 1 amide bonds. The van der Waals surface area contributed by atoms with Crippen LogP contribution in [0.5, 0.6) is 0 Å². The quantitative estimate of drug-likeness (QED) is 0.640. The van der Waals surface area contributed by atoms with E-state index in [-0.39, 0.29) is 17.7 Å². The van der Waals surface area contributed by atoms with E-state index < -0.39 is 0 Å². The Hall–Kier alpha value is -3.61. The van der Waals surface area contributed by atoms with Gasteiger partial charge < -0.3 is 10.6 Å². The van der Waals surface area contributed by atoms with Crippen LogP contribution in [0.4, 0.5) is 10.3 Å². The van der Waals surface area contributed by atoms with Crippen molar-refractivity contribution in [2.45, 2.75) is 13.0 Å². The van der Waals surface area contributed by atoms with Gasteiger partial charge in [-0.05, 0) is 41.8 Å². The Bertz CT molecular complexity index is 927. The first-order valence-electron chi connectivity index (χ1n) is 8.78. The average Bonchev–Trinajstić information content (AvgIpc) is 2.72. The van der Waals surface area contributed by atoms with Crippen LogP contribution in [0.15, 0.2) is 67.3 Å². The number of amides is 1. The Balaban J connectivity index is 1.71. The van der Waals surface area contributed by atoms with Crippen LogP contribution in [0.3, 0.4) is 0 Å². The fourth-order valence-electron chi connectivity index (χ4n) is 2.60. The fourth-order valence-corrected chi connectivity index (χ4v) is 2.60. The molecule has 28 heavy (non-hydrogen) atoms. The average molecular weight is 377 g/mol. The number of halogens is 1. The highest BCUT2D eigenvalue weighted by Gasteiger charge is 2.12. The summed E-state index contributed by atoms with van der Waals surface area (Å²) in [5.74, 6) is -0.246. The number of pyridine rings is 1. The molecule has 3 rings (SSSR count). The minimum Gasteiger partial charge on any atom is -0.368 e. The monoisotopic (exact) mass is 377 g/mol. The zero-order valence-electron chi connectivity index (χ0n) is 15.2. The molecule has 1 aromatic carbocycles. The molecule has 0 fully saturated rings. The molecule has 7 heteroatoms. The number of carbonyl (C=O) groups is 1. The summed E-state index contributed by atoms with van der Waals surface area (Å²) in [5.41, 5.74) is 8.04. The maximum Gasteiger partial charge on any atom is 0.246 e. The molecule has 2 N–H and O–H groups in total. The van der Waals surface area contributed by atoms with E-state index in [1.54, 1.807) is 47.9 Å². The lowest BCUT2D eigenvalue weighted by atomic mass is 10.1. The molecular formula is C21H20FN5O. The van der Waals surface area contributed by atoms with E-state index >= 15 is 0 Å². The largest absolute Gasteiger partial charge is 0.368 e. The molecule has 6 nitrogen and oxygen atoms in total. The van der Waals surface area contributed by atoms with Crippen LogP contribution < -0.4 is 5.73 Å². The second kappa shape index (κ2) is 9.36. The van der Waals surface area contributed by atoms with Gasteiger partial charge in [0.05, 0.1) is 0 Å². The topological polar surface area (TPSA) is 85.0 Å². The highest BCUT2D eigenvalue weighted by molar-refractivity contribution is 5.91. The number of nitrogen functional groups attached to an aromatic ring is 1. The Labute approximate surface area is 162 Å². The van der Waals surface area contributed by atoms with E-state index in [9.17, 15) is 9.18 Å². The van der Waals surface area contributed by atoms with Gasteiger partial charge in [-0.3, -0.25) is 9.78 Å². The van der Waals surface area contributed by atoms with Gasteiger partial charge in [0.25, 0.3) is 0 Å². The number of benzene rings is 1. The summed E-state index contributed by atoms with van der Waals surface area (Å²) < 4.78 is 13.1. The molecular weight excluding hydrogens is 357 g/mol. The predicted octanol–water partition coefficient (Wildman–Crippen LogP) is 2.88. The van der Waals surface area contributed by atoms with Gasteiger partial charge in [0, 0.05) is 49.5 Å². The summed E-state index contributed by atoms with van der Waals surface area (Å²) >= 11 is 0. The predicted molar refractivity (Wildman–Crippen MR) is 105 cm³/mol. The van der Waals surface area contributed by atoms with Crippen LogP contribution in [0.2, 0.25) is 0 Å². The lowest BCUT2D eigenvalue weighted by molar-refractivity contribution is -0.126. The van der Waals surface area contributed by atoms with Gasteiger partial charge in [0.1, 0.15) is 5.82 Å². The zero-order valence-corrected chi connectivity index (χ0v) is 15.2. The lowest BCUT2D eigenvalue weighted by Gasteiger charge is -2.21. The first-order valence-corrected chi connectivity index (χ1v) is 8.78. The third-order valence-corrected chi connectivity index (χ3v) is 4.10. The second-order valence-corrected chi connectivity index (χ2v) is 6.21. The Morgan fingerprint density at radius 3 is 2.50 bits per heavy atom. The van der Waals surface area contributed by atoms with Crippen molar-refractivity contribution in [1.82, 2.24) is 19.9 Å². The van der Waals surface area contributed by atoms with Crippen LogP contribution in [-0.4, -0.2) is 32.3 Å². The molecule has 0 aliphatic carbocycles. The van der Waals surface area contributed by atoms with Crippen molar-refractivity contribution in [2.24, 2.45) is 0 Å². The van der Waals surface area contributed by atoms with Crippen LogP contribution in [0.1, 0.15) is 16.7 Å². The van der Waals surface area contributed by atoms with Crippen molar-refractivity contribution in [2.75, 3.05) is 12.3 Å². The summed E-state index contributed by atoms with van der Waals surface area (Å²) in [6.45, 7) is 0.915. The van der Waals surface area contributed by atoms with E-state index in [0.29, 0.717) is 25.1 Å². The third kappa shape index (κ3) is 5.70. The van der Waals surface area contributed by atoms with Crippen LogP contribution >= 0.6 is 0 Å². The molecule has 0 unspecified atom stereocenters. The Kier molecular flexibility index (Phi) is 6.41. The number of aromatic nitrogens is 3. The van der Waals surface area contributed by atoms with Crippen molar-refractivity contribution in [3.63, 3.8) is 0 Å². The summed E-state index contributed by atoms with van der Waals surface area (Å²) in [5, 5.41) is 0. The van der Waals surface area contributed by atoms with Crippen LogP contribution in [-0.2, 0) is 17.8 Å². The number of carbonyl (C=O) groups excluding carboxylic acids is 1. The molecule has 0 atom stereocenters. The normalized spacial score (nSPS) is 10.9. The van der Waals surface area contributed by atoms with Gasteiger partial charge in [-0.25, -0.2) is 14.4 Å². The molecule has 2 heterocycles. The molecule has 142 valence electrons. The minimum atomic E-state index is -0.277. The van der Waals surface area contributed by atoms with Gasteiger partial charge in [-0.15, -0.1) is 0 Å². The number of rotatable bonds is 7. The summed E-state index contributed by atoms with van der Waals surface area (Å²) in [7, 11) is 0.